The summed E-state index contributed by atoms with van der Waals surface area (Å²) in [4.78, 5) is 29.0. The Labute approximate surface area is 166 Å². The molecule has 0 aliphatic carbocycles. The Balaban J connectivity index is 1.47. The van der Waals surface area contributed by atoms with Gasteiger partial charge in [0.15, 0.2) is 0 Å². The molecule has 0 saturated carbocycles. The SMILES string of the molecule is CN1CCN(CCNC(=O)c2nnc(C(=O)Nc3cccc(Cl)c3)s2)CC1. The lowest BCUT2D eigenvalue weighted by atomic mass is 10.3. The maximum Gasteiger partial charge on any atom is 0.286 e. The number of nitrogens with zero attached hydrogens (tertiary/aromatic N) is 4. The molecule has 10 heteroatoms. The zero-order valence-electron chi connectivity index (χ0n) is 14.9. The van der Waals surface area contributed by atoms with E-state index < -0.39 is 5.91 Å². The van der Waals surface area contributed by atoms with Crippen molar-refractivity contribution in [1.82, 2.24) is 25.3 Å². The van der Waals surface area contributed by atoms with Crippen LogP contribution in [0.25, 0.3) is 0 Å². The molecule has 3 rings (SSSR count). The minimum atomic E-state index is -0.425. The highest BCUT2D eigenvalue weighted by Crippen LogP contribution is 2.17. The number of hydrogen-bond donors (Lipinski definition) is 2. The molecule has 2 aromatic rings. The van der Waals surface area contributed by atoms with E-state index in [-0.39, 0.29) is 15.9 Å². The van der Waals surface area contributed by atoms with Crippen molar-refractivity contribution in [3.8, 4) is 0 Å². The summed E-state index contributed by atoms with van der Waals surface area (Å²) < 4.78 is 0. The number of amides is 2. The van der Waals surface area contributed by atoms with Crippen molar-refractivity contribution in [2.24, 2.45) is 0 Å². The lowest BCUT2D eigenvalue weighted by molar-refractivity contribution is 0.0939. The van der Waals surface area contributed by atoms with Gasteiger partial charge in [-0.25, -0.2) is 0 Å². The zero-order chi connectivity index (χ0) is 19.2. The molecule has 1 saturated heterocycles. The Morgan fingerprint density at radius 2 is 1.85 bits per heavy atom. The van der Waals surface area contributed by atoms with E-state index in [4.69, 9.17) is 11.6 Å². The summed E-state index contributed by atoms with van der Waals surface area (Å²) in [6.45, 7) is 5.40. The van der Waals surface area contributed by atoms with E-state index in [0.29, 0.717) is 17.3 Å². The van der Waals surface area contributed by atoms with Crippen LogP contribution in [0.2, 0.25) is 5.02 Å². The van der Waals surface area contributed by atoms with Gasteiger partial charge in [0.05, 0.1) is 0 Å². The van der Waals surface area contributed by atoms with Crippen LogP contribution in [0.15, 0.2) is 24.3 Å². The fourth-order valence-electron chi connectivity index (χ4n) is 2.63. The molecular formula is C17H21ClN6O2S. The molecule has 27 heavy (non-hydrogen) atoms. The largest absolute Gasteiger partial charge is 0.349 e. The molecule has 2 amide bonds. The Morgan fingerprint density at radius 1 is 1.15 bits per heavy atom. The molecule has 0 radical (unpaired) electrons. The van der Waals surface area contributed by atoms with Gasteiger partial charge in [0.1, 0.15) is 0 Å². The second-order valence-corrected chi connectivity index (χ2v) is 7.69. The average molecular weight is 409 g/mol. The minimum absolute atomic E-state index is 0.124. The number of hydrogen-bond acceptors (Lipinski definition) is 7. The highest BCUT2D eigenvalue weighted by molar-refractivity contribution is 7.15. The summed E-state index contributed by atoms with van der Waals surface area (Å²) in [5, 5.41) is 14.0. The second-order valence-electron chi connectivity index (χ2n) is 6.28. The van der Waals surface area contributed by atoms with Gasteiger partial charge < -0.3 is 15.5 Å². The lowest BCUT2D eigenvalue weighted by Gasteiger charge is -2.32. The topological polar surface area (TPSA) is 90.5 Å². The van der Waals surface area contributed by atoms with E-state index >= 15 is 0 Å². The van der Waals surface area contributed by atoms with Gasteiger partial charge in [-0.15, -0.1) is 10.2 Å². The van der Waals surface area contributed by atoms with Crippen LogP contribution in [0.1, 0.15) is 19.6 Å². The number of halogens is 1. The second kappa shape index (κ2) is 9.23. The molecule has 2 heterocycles. The van der Waals surface area contributed by atoms with Crippen molar-refractivity contribution < 1.29 is 9.59 Å². The monoisotopic (exact) mass is 408 g/mol. The highest BCUT2D eigenvalue weighted by atomic mass is 35.5. The average Bonchev–Trinajstić information content (AvgIpc) is 3.14. The van der Waals surface area contributed by atoms with Crippen molar-refractivity contribution >= 4 is 40.4 Å². The number of carbonyl (C=O) groups is 2. The van der Waals surface area contributed by atoms with Crippen LogP contribution in [0.5, 0.6) is 0 Å². The summed E-state index contributed by atoms with van der Waals surface area (Å²) in [7, 11) is 2.11. The van der Waals surface area contributed by atoms with Gasteiger partial charge in [-0.1, -0.05) is 29.0 Å². The normalized spacial score (nSPS) is 15.5. The van der Waals surface area contributed by atoms with Gasteiger partial charge >= 0.3 is 0 Å². The van der Waals surface area contributed by atoms with Gasteiger partial charge in [-0.2, -0.15) is 0 Å². The van der Waals surface area contributed by atoms with E-state index in [2.05, 4.69) is 37.7 Å². The van der Waals surface area contributed by atoms with E-state index in [0.717, 1.165) is 44.1 Å². The lowest BCUT2D eigenvalue weighted by Crippen LogP contribution is -2.46. The van der Waals surface area contributed by atoms with Crippen molar-refractivity contribution in [1.29, 1.82) is 0 Å². The van der Waals surface area contributed by atoms with Gasteiger partial charge in [0, 0.05) is 50.0 Å². The minimum Gasteiger partial charge on any atom is -0.349 e. The van der Waals surface area contributed by atoms with Crippen LogP contribution in [0, 0.1) is 0 Å². The maximum atomic E-state index is 12.2. The third-order valence-electron chi connectivity index (χ3n) is 4.21. The number of aromatic nitrogens is 2. The molecule has 144 valence electrons. The summed E-state index contributed by atoms with van der Waals surface area (Å²) >= 11 is 6.86. The number of anilines is 1. The summed E-state index contributed by atoms with van der Waals surface area (Å²) in [5.74, 6) is -0.741. The van der Waals surface area contributed by atoms with Crippen molar-refractivity contribution in [2.75, 3.05) is 51.6 Å². The first kappa shape index (κ1) is 19.7. The van der Waals surface area contributed by atoms with Gasteiger partial charge in [0.25, 0.3) is 11.8 Å². The fraction of sp³-hybridized carbons (Fsp3) is 0.412. The summed E-state index contributed by atoms with van der Waals surface area (Å²) in [5.41, 5.74) is 0.556. The Hall–Kier alpha value is -2.07. The predicted octanol–water partition coefficient (Wildman–Crippen LogP) is 1.42. The zero-order valence-corrected chi connectivity index (χ0v) is 16.5. The first-order chi connectivity index (χ1) is 13.0. The molecule has 2 N–H and O–H groups in total. The number of likely N-dealkylation sites (N-methyl/N-ethyl adjacent to an activating group) is 1. The number of carbonyl (C=O) groups excluding carboxylic acids is 2. The van der Waals surface area contributed by atoms with E-state index in [1.807, 2.05) is 0 Å². The van der Waals surface area contributed by atoms with Crippen molar-refractivity contribution in [3.05, 3.63) is 39.3 Å². The predicted molar refractivity (Wildman–Crippen MR) is 106 cm³/mol. The van der Waals surface area contributed by atoms with Crippen LogP contribution < -0.4 is 10.6 Å². The van der Waals surface area contributed by atoms with Crippen LogP contribution >= 0.6 is 22.9 Å². The highest BCUT2D eigenvalue weighted by Gasteiger charge is 2.18. The first-order valence-corrected chi connectivity index (χ1v) is 9.80. The Bertz CT molecular complexity index is 806. The molecular weight excluding hydrogens is 388 g/mol. The molecule has 1 aromatic heterocycles. The third-order valence-corrected chi connectivity index (χ3v) is 5.36. The van der Waals surface area contributed by atoms with E-state index in [9.17, 15) is 9.59 Å². The molecule has 0 bridgehead atoms. The fourth-order valence-corrected chi connectivity index (χ4v) is 3.48. The first-order valence-electron chi connectivity index (χ1n) is 8.61. The Morgan fingerprint density at radius 3 is 2.56 bits per heavy atom. The molecule has 1 aliphatic rings. The number of nitrogens with one attached hydrogen (secondary N) is 2. The molecule has 8 nitrogen and oxygen atoms in total. The van der Waals surface area contributed by atoms with Crippen LogP contribution in [0.3, 0.4) is 0 Å². The van der Waals surface area contributed by atoms with Gasteiger partial charge in [-0.3, -0.25) is 14.5 Å². The third kappa shape index (κ3) is 5.70. The number of rotatable bonds is 6. The molecule has 0 spiro atoms. The number of benzene rings is 1. The van der Waals surface area contributed by atoms with E-state index in [1.165, 1.54) is 0 Å². The van der Waals surface area contributed by atoms with Crippen LogP contribution in [-0.4, -0.2) is 78.1 Å². The summed E-state index contributed by atoms with van der Waals surface area (Å²) in [6, 6.07) is 6.80. The van der Waals surface area contributed by atoms with Crippen molar-refractivity contribution in [2.45, 2.75) is 0 Å². The van der Waals surface area contributed by atoms with Gasteiger partial charge in [0.2, 0.25) is 10.0 Å². The van der Waals surface area contributed by atoms with Gasteiger partial charge in [-0.05, 0) is 25.2 Å². The summed E-state index contributed by atoms with van der Waals surface area (Å²) in [6.07, 6.45) is 0. The van der Waals surface area contributed by atoms with Crippen LogP contribution in [-0.2, 0) is 0 Å². The molecule has 1 fully saturated rings. The molecule has 0 atom stereocenters. The Kier molecular flexibility index (Phi) is 6.73. The smallest absolute Gasteiger partial charge is 0.286 e. The molecule has 0 unspecified atom stereocenters. The maximum absolute atomic E-state index is 12.2. The molecule has 1 aliphatic heterocycles. The molecule has 1 aromatic carbocycles. The number of piperazine rings is 1. The van der Waals surface area contributed by atoms with E-state index in [1.54, 1.807) is 24.3 Å². The quantitative estimate of drug-likeness (QED) is 0.751. The van der Waals surface area contributed by atoms with Crippen LogP contribution in [0.4, 0.5) is 5.69 Å². The standard InChI is InChI=1S/C17H21ClN6O2S/c1-23-7-9-24(10-8-23)6-5-19-14(25)16-21-22-17(27-16)15(26)20-13-4-2-3-12(18)11-13/h2-4,11H,5-10H2,1H3,(H,19,25)(H,20,26). The van der Waals surface area contributed by atoms with Crippen molar-refractivity contribution in [3.63, 3.8) is 0 Å².